The van der Waals surface area contributed by atoms with Gasteiger partial charge >= 0.3 is 0 Å². The summed E-state index contributed by atoms with van der Waals surface area (Å²) in [5.74, 6) is 1.69. The molecular weight excluding hydrogens is 380 g/mol. The van der Waals surface area contributed by atoms with Gasteiger partial charge in [0.15, 0.2) is 11.5 Å². The second-order valence-corrected chi connectivity index (χ2v) is 7.79. The molecule has 0 fully saturated rings. The molecule has 152 valence electrons. The Morgan fingerprint density at radius 1 is 1.11 bits per heavy atom. The number of sulfonamides is 1. The molecular formula is C19H26N4O4S. The average molecular weight is 407 g/mol. The zero-order chi connectivity index (χ0) is 20.7. The Hall–Kier alpha value is -2.65. The quantitative estimate of drug-likeness (QED) is 0.508. The Balaban J connectivity index is 2.16. The molecule has 9 heteroatoms. The van der Waals surface area contributed by atoms with Crippen molar-refractivity contribution in [2.45, 2.75) is 25.7 Å². The molecule has 28 heavy (non-hydrogen) atoms. The molecule has 0 saturated heterocycles. The van der Waals surface area contributed by atoms with E-state index in [0.717, 1.165) is 5.56 Å². The number of ether oxygens (including phenoxy) is 2. The van der Waals surface area contributed by atoms with Gasteiger partial charge in [-0.25, -0.2) is 13.4 Å². The van der Waals surface area contributed by atoms with Crippen LogP contribution in [0.4, 0.5) is 5.82 Å². The molecule has 1 aromatic carbocycles. The summed E-state index contributed by atoms with van der Waals surface area (Å²) >= 11 is 0. The Kier molecular flexibility index (Phi) is 7.36. The summed E-state index contributed by atoms with van der Waals surface area (Å²) < 4.78 is 36.9. The number of hydrogen-bond acceptors (Lipinski definition) is 7. The molecule has 0 spiro atoms. The van der Waals surface area contributed by atoms with Gasteiger partial charge in [-0.15, -0.1) is 0 Å². The molecule has 0 atom stereocenters. The molecule has 0 amide bonds. The minimum absolute atomic E-state index is 0.155. The van der Waals surface area contributed by atoms with E-state index in [9.17, 15) is 8.42 Å². The molecule has 1 heterocycles. The van der Waals surface area contributed by atoms with Crippen LogP contribution in [0, 0.1) is 0 Å². The minimum atomic E-state index is -3.53. The maximum Gasteiger partial charge on any atom is 0.244 e. The van der Waals surface area contributed by atoms with E-state index in [4.69, 9.17) is 9.47 Å². The lowest BCUT2D eigenvalue weighted by Crippen LogP contribution is -2.30. The van der Waals surface area contributed by atoms with Crippen LogP contribution in [0.25, 0.3) is 0 Å². The number of rotatable bonds is 9. The van der Waals surface area contributed by atoms with E-state index in [1.807, 2.05) is 19.1 Å². The van der Waals surface area contributed by atoms with Crippen LogP contribution in [-0.4, -0.2) is 50.7 Å². The Labute approximate surface area is 166 Å². The molecule has 8 nitrogen and oxygen atoms in total. The van der Waals surface area contributed by atoms with Crippen molar-refractivity contribution in [3.05, 3.63) is 42.1 Å². The van der Waals surface area contributed by atoms with Crippen LogP contribution in [0.1, 0.15) is 26.3 Å². The molecule has 1 N–H and O–H groups in total. The summed E-state index contributed by atoms with van der Waals surface area (Å²) in [4.78, 5) is 4.31. The minimum Gasteiger partial charge on any atom is -0.493 e. The number of methoxy groups -OCH3 is 2. The molecule has 2 rings (SSSR count). The van der Waals surface area contributed by atoms with Gasteiger partial charge in [0.05, 0.1) is 19.9 Å². The van der Waals surface area contributed by atoms with E-state index in [2.05, 4.69) is 15.5 Å². The summed E-state index contributed by atoms with van der Waals surface area (Å²) in [6.45, 7) is 6.26. The number of pyridine rings is 1. The van der Waals surface area contributed by atoms with Gasteiger partial charge in [-0.05, 0) is 37.3 Å². The number of nitrogens with zero attached hydrogens (tertiary/aromatic N) is 3. The molecule has 0 bridgehead atoms. The van der Waals surface area contributed by atoms with Crippen molar-refractivity contribution < 1.29 is 17.9 Å². The molecule has 0 aliphatic carbocycles. The van der Waals surface area contributed by atoms with Crippen LogP contribution in [-0.2, 0) is 10.0 Å². The smallest absolute Gasteiger partial charge is 0.244 e. The first kappa shape index (κ1) is 21.6. The first-order chi connectivity index (χ1) is 13.4. The van der Waals surface area contributed by atoms with Crippen LogP contribution in [0.3, 0.4) is 0 Å². The van der Waals surface area contributed by atoms with E-state index < -0.39 is 10.0 Å². The third-order valence-corrected chi connectivity index (χ3v) is 6.25. The fourth-order valence-electron chi connectivity index (χ4n) is 2.58. The lowest BCUT2D eigenvalue weighted by Gasteiger charge is -2.18. The topological polar surface area (TPSA) is 93.1 Å². The SMILES string of the molecule is CCN(CC)S(=O)(=O)c1ccc(N/N=C(\C)c2ccc(OC)c(OC)c2)nc1. The van der Waals surface area contributed by atoms with E-state index >= 15 is 0 Å². The van der Waals surface area contributed by atoms with Crippen molar-refractivity contribution >= 4 is 21.6 Å². The summed E-state index contributed by atoms with van der Waals surface area (Å²) in [5.41, 5.74) is 4.40. The van der Waals surface area contributed by atoms with Gasteiger partial charge < -0.3 is 9.47 Å². The van der Waals surface area contributed by atoms with Crippen molar-refractivity contribution in [3.63, 3.8) is 0 Å². The predicted molar refractivity (Wildman–Crippen MR) is 110 cm³/mol. The largest absolute Gasteiger partial charge is 0.493 e. The monoisotopic (exact) mass is 406 g/mol. The maximum atomic E-state index is 12.5. The molecule has 0 unspecified atom stereocenters. The number of anilines is 1. The van der Waals surface area contributed by atoms with Crippen LogP contribution in [0.5, 0.6) is 11.5 Å². The Morgan fingerprint density at radius 3 is 2.32 bits per heavy atom. The summed E-state index contributed by atoms with van der Waals surface area (Å²) in [5, 5.41) is 4.30. The second kappa shape index (κ2) is 9.52. The van der Waals surface area contributed by atoms with E-state index in [-0.39, 0.29) is 4.90 Å². The van der Waals surface area contributed by atoms with Gasteiger partial charge in [0.1, 0.15) is 10.7 Å². The third-order valence-electron chi connectivity index (χ3n) is 4.22. The maximum absolute atomic E-state index is 12.5. The summed E-state index contributed by atoms with van der Waals surface area (Å²) in [7, 11) is -0.372. The van der Waals surface area contributed by atoms with Gasteiger partial charge in [0, 0.05) is 24.8 Å². The normalized spacial score (nSPS) is 12.1. The van der Waals surface area contributed by atoms with Crippen LogP contribution < -0.4 is 14.9 Å². The number of hydrogen-bond donors (Lipinski definition) is 1. The standard InChI is InChI=1S/C19H26N4O4S/c1-6-23(7-2)28(24,25)16-9-11-19(20-13-16)22-21-14(3)15-8-10-17(26-4)18(12-15)27-5/h8-13H,6-7H2,1-5H3,(H,20,22)/b21-14+. The van der Waals surface area contributed by atoms with Gasteiger partial charge in [0.25, 0.3) is 0 Å². The highest BCUT2D eigenvalue weighted by atomic mass is 32.2. The highest BCUT2D eigenvalue weighted by molar-refractivity contribution is 7.89. The highest BCUT2D eigenvalue weighted by Gasteiger charge is 2.21. The number of hydrazone groups is 1. The molecule has 0 radical (unpaired) electrons. The van der Waals surface area contributed by atoms with Gasteiger partial charge in [0.2, 0.25) is 10.0 Å². The first-order valence-electron chi connectivity index (χ1n) is 8.86. The van der Waals surface area contributed by atoms with Gasteiger partial charge in [-0.2, -0.15) is 9.41 Å². The highest BCUT2D eigenvalue weighted by Crippen LogP contribution is 2.27. The number of aromatic nitrogens is 1. The predicted octanol–water partition coefficient (Wildman–Crippen LogP) is 2.97. The lowest BCUT2D eigenvalue weighted by atomic mass is 10.1. The zero-order valence-electron chi connectivity index (χ0n) is 16.8. The lowest BCUT2D eigenvalue weighted by molar-refractivity contribution is 0.355. The Morgan fingerprint density at radius 2 is 1.79 bits per heavy atom. The van der Waals surface area contributed by atoms with Gasteiger partial charge in [-0.1, -0.05) is 13.8 Å². The van der Waals surface area contributed by atoms with E-state index in [1.54, 1.807) is 40.2 Å². The average Bonchev–Trinajstić information content (AvgIpc) is 2.72. The fourth-order valence-corrected chi connectivity index (χ4v) is 3.98. The van der Waals surface area contributed by atoms with Crippen molar-refractivity contribution in [2.75, 3.05) is 32.7 Å². The van der Waals surface area contributed by atoms with Crippen LogP contribution in [0.2, 0.25) is 0 Å². The molecule has 0 aliphatic rings. The van der Waals surface area contributed by atoms with Crippen molar-refractivity contribution in [1.29, 1.82) is 0 Å². The van der Waals surface area contributed by atoms with Crippen molar-refractivity contribution in [1.82, 2.24) is 9.29 Å². The number of nitrogens with one attached hydrogen (secondary N) is 1. The second-order valence-electron chi connectivity index (χ2n) is 5.85. The summed E-state index contributed by atoms with van der Waals surface area (Å²) in [6, 6.07) is 8.60. The molecule has 0 aliphatic heterocycles. The van der Waals surface area contributed by atoms with E-state index in [1.165, 1.54) is 16.6 Å². The third kappa shape index (κ3) is 4.79. The van der Waals surface area contributed by atoms with Crippen LogP contribution >= 0.6 is 0 Å². The van der Waals surface area contributed by atoms with Crippen molar-refractivity contribution in [3.8, 4) is 11.5 Å². The summed E-state index contributed by atoms with van der Waals surface area (Å²) in [6.07, 6.45) is 1.33. The Bertz CT molecular complexity index is 923. The molecule has 1 aromatic heterocycles. The van der Waals surface area contributed by atoms with E-state index in [0.29, 0.717) is 36.1 Å². The van der Waals surface area contributed by atoms with Crippen molar-refractivity contribution in [2.24, 2.45) is 5.10 Å². The fraction of sp³-hybridized carbons (Fsp3) is 0.368. The molecule has 2 aromatic rings. The van der Waals surface area contributed by atoms with Crippen LogP contribution in [0.15, 0.2) is 46.5 Å². The zero-order valence-corrected chi connectivity index (χ0v) is 17.6. The first-order valence-corrected chi connectivity index (χ1v) is 10.3. The van der Waals surface area contributed by atoms with Gasteiger partial charge in [-0.3, -0.25) is 5.43 Å². The number of benzene rings is 1. The molecule has 0 saturated carbocycles.